The molecule has 1 fully saturated rings. The molecule has 1 saturated carbocycles. The summed E-state index contributed by atoms with van der Waals surface area (Å²) in [6.07, 6.45) is 0.131. The lowest BCUT2D eigenvalue weighted by Gasteiger charge is -2.30. The maximum Gasteiger partial charge on any atom is 0.573 e. The topological polar surface area (TPSA) is 63.2 Å². The fourth-order valence-corrected chi connectivity index (χ4v) is 3.45. The number of nitrogens with zero attached hydrogens (tertiary/aromatic N) is 1. The molecule has 0 aliphatic heterocycles. The summed E-state index contributed by atoms with van der Waals surface area (Å²) in [6, 6.07) is 7.15. The number of halogens is 4. The molecule has 1 aromatic carbocycles. The van der Waals surface area contributed by atoms with E-state index in [4.69, 9.17) is 0 Å². The van der Waals surface area contributed by atoms with Crippen LogP contribution in [0.2, 0.25) is 0 Å². The molecule has 0 spiro atoms. The van der Waals surface area contributed by atoms with E-state index in [9.17, 15) is 22.4 Å². The molecule has 0 bridgehead atoms. The molecule has 1 aromatic heterocycles. The van der Waals surface area contributed by atoms with Crippen LogP contribution in [0, 0.1) is 5.82 Å². The molecule has 5 nitrogen and oxygen atoms in total. The summed E-state index contributed by atoms with van der Waals surface area (Å²) < 4.78 is 54.4. The highest BCUT2D eigenvalue weighted by molar-refractivity contribution is 5.73. The van der Waals surface area contributed by atoms with E-state index < -0.39 is 17.9 Å². The second-order valence-electron chi connectivity index (χ2n) is 7.02. The zero-order valence-corrected chi connectivity index (χ0v) is 15.7. The van der Waals surface area contributed by atoms with E-state index in [2.05, 4.69) is 20.4 Å². The van der Waals surface area contributed by atoms with Crippen LogP contribution in [0.4, 0.5) is 23.2 Å². The molecular formula is C20H21F4N3O2. The Hall–Kier alpha value is -2.84. The van der Waals surface area contributed by atoms with E-state index in [1.165, 1.54) is 13.0 Å². The molecule has 29 heavy (non-hydrogen) atoms. The Morgan fingerprint density at radius 2 is 1.79 bits per heavy atom. The minimum atomic E-state index is -4.95. The Labute approximate surface area is 165 Å². The summed E-state index contributed by atoms with van der Waals surface area (Å²) >= 11 is 0. The van der Waals surface area contributed by atoms with Crippen molar-refractivity contribution in [2.45, 2.75) is 51.1 Å². The highest BCUT2D eigenvalue weighted by Crippen LogP contribution is 2.30. The number of anilines is 1. The number of ether oxygens (including phenoxy) is 1. The molecule has 0 saturated heterocycles. The van der Waals surface area contributed by atoms with E-state index in [1.807, 2.05) is 0 Å². The average Bonchev–Trinajstić information content (AvgIpc) is 2.64. The molecule has 9 heteroatoms. The summed E-state index contributed by atoms with van der Waals surface area (Å²) in [7, 11) is 0. The molecule has 2 aromatic rings. The van der Waals surface area contributed by atoms with Crippen molar-refractivity contribution in [2.75, 3.05) is 5.32 Å². The molecule has 1 heterocycles. The van der Waals surface area contributed by atoms with Crippen molar-refractivity contribution in [1.82, 2.24) is 10.3 Å². The number of amides is 1. The van der Waals surface area contributed by atoms with Crippen LogP contribution in [-0.4, -0.2) is 29.3 Å². The largest absolute Gasteiger partial charge is 0.573 e. The van der Waals surface area contributed by atoms with Crippen molar-refractivity contribution in [3.05, 3.63) is 42.3 Å². The van der Waals surface area contributed by atoms with Gasteiger partial charge in [-0.25, -0.2) is 4.39 Å². The lowest BCUT2D eigenvalue weighted by Crippen LogP contribution is -2.39. The third kappa shape index (κ3) is 6.07. The normalized spacial score (nSPS) is 19.5. The van der Waals surface area contributed by atoms with Crippen LogP contribution >= 0.6 is 0 Å². The van der Waals surface area contributed by atoms with Gasteiger partial charge in [0.25, 0.3) is 0 Å². The molecule has 156 valence electrons. The van der Waals surface area contributed by atoms with Crippen molar-refractivity contribution < 1.29 is 27.1 Å². The first kappa shape index (κ1) is 20.9. The Bertz CT molecular complexity index is 865. The maximum atomic E-state index is 14.0. The van der Waals surface area contributed by atoms with Gasteiger partial charge in [-0.1, -0.05) is 0 Å². The molecule has 0 atom stereocenters. The van der Waals surface area contributed by atoms with E-state index in [1.54, 1.807) is 18.3 Å². The zero-order valence-electron chi connectivity index (χ0n) is 15.7. The fraction of sp³-hybridized carbons (Fsp3) is 0.400. The number of carbonyl (C=O) groups is 1. The number of pyridine rings is 1. The summed E-state index contributed by atoms with van der Waals surface area (Å²) in [5.74, 6) is -2.03. The quantitative estimate of drug-likeness (QED) is 0.704. The summed E-state index contributed by atoms with van der Waals surface area (Å²) in [6.45, 7) is 1.51. The van der Waals surface area contributed by atoms with Crippen LogP contribution < -0.4 is 15.4 Å². The first-order chi connectivity index (χ1) is 13.7. The van der Waals surface area contributed by atoms with Crippen LogP contribution in [-0.2, 0) is 4.79 Å². The zero-order chi connectivity index (χ0) is 21.0. The predicted octanol–water partition coefficient (Wildman–Crippen LogP) is 4.65. The number of carbonyl (C=O) groups excluding carboxylic acids is 1. The fourth-order valence-electron chi connectivity index (χ4n) is 3.45. The molecule has 1 amide bonds. The lowest BCUT2D eigenvalue weighted by atomic mass is 9.91. The molecule has 3 rings (SSSR count). The highest BCUT2D eigenvalue weighted by atomic mass is 19.4. The van der Waals surface area contributed by atoms with Crippen molar-refractivity contribution in [2.24, 2.45) is 0 Å². The van der Waals surface area contributed by atoms with Crippen LogP contribution in [0.5, 0.6) is 5.75 Å². The van der Waals surface area contributed by atoms with E-state index in [-0.39, 0.29) is 18.0 Å². The van der Waals surface area contributed by atoms with Crippen LogP contribution in [0.25, 0.3) is 11.3 Å². The number of alkyl halides is 3. The molecule has 2 N–H and O–H groups in total. The molecule has 1 aliphatic carbocycles. The predicted molar refractivity (Wildman–Crippen MR) is 99.8 cm³/mol. The molecule has 0 radical (unpaired) electrons. The number of benzene rings is 1. The number of rotatable bonds is 5. The summed E-state index contributed by atoms with van der Waals surface area (Å²) in [5.41, 5.74) is 1.56. The van der Waals surface area contributed by atoms with Crippen LogP contribution in [0.15, 0.2) is 36.5 Å². The third-order valence-corrected chi connectivity index (χ3v) is 4.72. The van der Waals surface area contributed by atoms with Gasteiger partial charge in [-0.3, -0.25) is 9.78 Å². The van der Waals surface area contributed by atoms with Gasteiger partial charge < -0.3 is 15.4 Å². The molecule has 1 aliphatic rings. The van der Waals surface area contributed by atoms with Crippen molar-refractivity contribution >= 4 is 11.6 Å². The SMILES string of the molecule is CC(=O)NC1CCC(Nc2ccnc(-c3ccc(OC(F)(F)F)c(F)c3)c2)CC1. The summed E-state index contributed by atoms with van der Waals surface area (Å²) in [4.78, 5) is 15.3. The van der Waals surface area contributed by atoms with Gasteiger partial charge in [0.15, 0.2) is 11.6 Å². The van der Waals surface area contributed by atoms with E-state index >= 15 is 0 Å². The van der Waals surface area contributed by atoms with E-state index in [0.717, 1.165) is 43.5 Å². The maximum absolute atomic E-state index is 14.0. The monoisotopic (exact) mass is 411 g/mol. The van der Waals surface area contributed by atoms with Gasteiger partial charge in [0.1, 0.15) is 0 Å². The highest BCUT2D eigenvalue weighted by Gasteiger charge is 2.32. The van der Waals surface area contributed by atoms with Gasteiger partial charge in [0, 0.05) is 36.5 Å². The number of hydrogen-bond acceptors (Lipinski definition) is 4. The Morgan fingerprint density at radius 1 is 1.10 bits per heavy atom. The van der Waals surface area contributed by atoms with Gasteiger partial charge in [0.2, 0.25) is 5.91 Å². The second kappa shape index (κ2) is 8.67. The van der Waals surface area contributed by atoms with Gasteiger partial charge in [-0.05, 0) is 56.0 Å². The minimum absolute atomic E-state index is 0.0286. The third-order valence-electron chi connectivity index (χ3n) is 4.72. The van der Waals surface area contributed by atoms with Crippen LogP contribution in [0.1, 0.15) is 32.6 Å². The van der Waals surface area contributed by atoms with Gasteiger partial charge in [-0.2, -0.15) is 0 Å². The Kier molecular flexibility index (Phi) is 6.24. The van der Waals surface area contributed by atoms with Gasteiger partial charge in [0.05, 0.1) is 5.69 Å². The minimum Gasteiger partial charge on any atom is -0.403 e. The van der Waals surface area contributed by atoms with Gasteiger partial charge in [-0.15, -0.1) is 13.2 Å². The Balaban J connectivity index is 1.66. The molecule has 0 unspecified atom stereocenters. The van der Waals surface area contributed by atoms with Crippen molar-refractivity contribution in [1.29, 1.82) is 0 Å². The average molecular weight is 411 g/mol. The number of aromatic nitrogens is 1. The smallest absolute Gasteiger partial charge is 0.403 e. The number of nitrogens with one attached hydrogen (secondary N) is 2. The summed E-state index contributed by atoms with van der Waals surface area (Å²) in [5, 5.41) is 6.33. The Morgan fingerprint density at radius 3 is 2.41 bits per heavy atom. The molecular weight excluding hydrogens is 390 g/mol. The lowest BCUT2D eigenvalue weighted by molar-refractivity contribution is -0.275. The van der Waals surface area contributed by atoms with Crippen molar-refractivity contribution in [3.63, 3.8) is 0 Å². The first-order valence-corrected chi connectivity index (χ1v) is 9.25. The van der Waals surface area contributed by atoms with Crippen LogP contribution in [0.3, 0.4) is 0 Å². The number of hydrogen-bond donors (Lipinski definition) is 2. The van der Waals surface area contributed by atoms with E-state index in [0.29, 0.717) is 11.3 Å². The second-order valence-corrected chi connectivity index (χ2v) is 7.02. The van der Waals surface area contributed by atoms with Crippen molar-refractivity contribution in [3.8, 4) is 17.0 Å². The first-order valence-electron chi connectivity index (χ1n) is 9.25. The standard InChI is InChI=1S/C20H21F4N3O2/c1-12(28)26-14-3-5-15(6-4-14)27-16-8-9-25-18(11-16)13-2-7-19(17(21)10-13)29-20(22,23)24/h2,7-11,14-15H,3-6H2,1H3,(H,25,27)(H,26,28). The van der Waals surface area contributed by atoms with Gasteiger partial charge >= 0.3 is 6.36 Å².